The number of halogens is 3. The minimum Gasteiger partial charge on any atom is -0.381 e. The summed E-state index contributed by atoms with van der Waals surface area (Å²) in [6, 6.07) is 1.56. The van der Waals surface area contributed by atoms with Crippen LogP contribution in [0.1, 0.15) is 17.5 Å². The van der Waals surface area contributed by atoms with Gasteiger partial charge in [0.1, 0.15) is 5.76 Å². The van der Waals surface area contributed by atoms with E-state index in [0.717, 1.165) is 10.8 Å². The fraction of sp³-hybridized carbons (Fsp3) is 0.231. The van der Waals surface area contributed by atoms with E-state index in [-0.39, 0.29) is 29.9 Å². The monoisotopic (exact) mass is 374 g/mol. The minimum atomic E-state index is -5.75. The minimum absolute atomic E-state index is 0.0112. The van der Waals surface area contributed by atoms with Gasteiger partial charge in [0, 0.05) is 29.9 Å². The quantitative estimate of drug-likeness (QED) is 0.587. The van der Waals surface area contributed by atoms with Crippen LogP contribution in [0, 0.1) is 0 Å². The van der Waals surface area contributed by atoms with E-state index >= 15 is 0 Å². The standard InChI is InChI=1S/C13H9F3N4O4S/c14-13(15,16)25(22,23)24-9-2-3-10-8(6-9)7-19-20(11(10)21)12-17-4-1-5-18-12/h1,4-7H,2-3H2. The van der Waals surface area contributed by atoms with Crippen molar-refractivity contribution < 1.29 is 25.8 Å². The molecule has 0 unspecified atom stereocenters. The number of fused-ring (bicyclic) bond motifs is 1. The molecule has 0 saturated heterocycles. The van der Waals surface area contributed by atoms with Crippen molar-refractivity contribution in [3.63, 3.8) is 0 Å². The molecule has 0 N–H and O–H groups in total. The molecule has 3 rings (SSSR count). The normalized spacial score (nSPS) is 14.6. The second kappa shape index (κ2) is 5.95. The van der Waals surface area contributed by atoms with Gasteiger partial charge in [-0.05, 0) is 18.6 Å². The largest absolute Gasteiger partial charge is 0.534 e. The molecule has 0 amide bonds. The molecule has 12 heteroatoms. The molecule has 1 aliphatic carbocycles. The van der Waals surface area contributed by atoms with Crippen molar-refractivity contribution in [2.45, 2.75) is 18.3 Å². The van der Waals surface area contributed by atoms with Crippen LogP contribution >= 0.6 is 0 Å². The first-order valence-corrected chi connectivity index (χ1v) is 8.20. The summed E-state index contributed by atoms with van der Waals surface area (Å²) in [6.07, 6.45) is 4.90. The van der Waals surface area contributed by atoms with Crippen molar-refractivity contribution in [2.24, 2.45) is 0 Å². The van der Waals surface area contributed by atoms with E-state index in [1.54, 1.807) is 6.07 Å². The van der Waals surface area contributed by atoms with Gasteiger partial charge in [0.25, 0.3) is 11.5 Å². The van der Waals surface area contributed by atoms with Crippen molar-refractivity contribution in [1.29, 1.82) is 0 Å². The summed E-state index contributed by atoms with van der Waals surface area (Å²) in [5, 5.41) is 3.85. The highest BCUT2D eigenvalue weighted by Crippen LogP contribution is 2.30. The van der Waals surface area contributed by atoms with Gasteiger partial charge in [-0.25, -0.2) is 9.97 Å². The van der Waals surface area contributed by atoms with E-state index in [2.05, 4.69) is 19.2 Å². The topological polar surface area (TPSA) is 104 Å². The van der Waals surface area contributed by atoms with E-state index < -0.39 is 26.9 Å². The number of alkyl halides is 3. The maximum absolute atomic E-state index is 12.4. The molecule has 1 aliphatic rings. The fourth-order valence-corrected chi connectivity index (χ4v) is 2.68. The Morgan fingerprint density at radius 2 is 1.84 bits per heavy atom. The van der Waals surface area contributed by atoms with Gasteiger partial charge >= 0.3 is 15.6 Å². The smallest absolute Gasteiger partial charge is 0.381 e. The van der Waals surface area contributed by atoms with Gasteiger partial charge in [-0.2, -0.15) is 31.4 Å². The molecule has 2 aromatic heterocycles. The van der Waals surface area contributed by atoms with E-state index in [4.69, 9.17) is 0 Å². The van der Waals surface area contributed by atoms with Crippen LogP contribution < -0.4 is 5.56 Å². The number of aromatic nitrogens is 4. The molecule has 0 aliphatic heterocycles. The van der Waals surface area contributed by atoms with Gasteiger partial charge in [0.2, 0.25) is 0 Å². The zero-order valence-electron chi connectivity index (χ0n) is 12.3. The molecule has 0 spiro atoms. The maximum atomic E-state index is 12.4. The first kappa shape index (κ1) is 17.1. The van der Waals surface area contributed by atoms with E-state index in [1.165, 1.54) is 18.6 Å². The summed E-state index contributed by atoms with van der Waals surface area (Å²) < 4.78 is 64.3. The predicted molar refractivity (Wildman–Crippen MR) is 77.8 cm³/mol. The average molecular weight is 374 g/mol. The highest BCUT2D eigenvalue weighted by molar-refractivity contribution is 7.87. The van der Waals surface area contributed by atoms with Crippen LogP contribution in [0.2, 0.25) is 0 Å². The average Bonchev–Trinajstić information content (AvgIpc) is 2.54. The molecule has 8 nitrogen and oxygen atoms in total. The molecule has 0 bridgehead atoms. The molecule has 0 radical (unpaired) electrons. The molecule has 0 atom stereocenters. The zero-order chi connectivity index (χ0) is 18.2. The second-order valence-corrected chi connectivity index (χ2v) is 6.48. The van der Waals surface area contributed by atoms with Crippen LogP contribution in [0.4, 0.5) is 13.2 Å². The number of rotatable bonds is 3. The first-order valence-electron chi connectivity index (χ1n) is 6.79. The lowest BCUT2D eigenvalue weighted by Crippen LogP contribution is -2.29. The summed E-state index contributed by atoms with van der Waals surface area (Å²) in [7, 11) is -5.75. The third kappa shape index (κ3) is 3.24. The Kier molecular flexibility index (Phi) is 4.06. The molecule has 0 aromatic carbocycles. The van der Waals surface area contributed by atoms with Gasteiger partial charge in [-0.1, -0.05) is 0 Å². The number of nitrogens with zero attached hydrogens (tertiary/aromatic N) is 4. The van der Waals surface area contributed by atoms with Crippen LogP contribution in [-0.2, 0) is 20.7 Å². The molecular formula is C13H9F3N4O4S. The Bertz CT molecular complexity index is 1000. The number of hydrogen-bond acceptors (Lipinski definition) is 7. The van der Waals surface area contributed by atoms with Crippen LogP contribution in [0.5, 0.6) is 0 Å². The van der Waals surface area contributed by atoms with Gasteiger partial charge in [0.05, 0.1) is 6.20 Å². The Morgan fingerprint density at radius 1 is 1.16 bits per heavy atom. The Balaban J connectivity index is 1.97. The summed E-state index contributed by atoms with van der Waals surface area (Å²) >= 11 is 0. The Hall–Kier alpha value is -2.76. The van der Waals surface area contributed by atoms with Crippen molar-refractivity contribution in [2.75, 3.05) is 0 Å². The second-order valence-electron chi connectivity index (χ2n) is 4.94. The van der Waals surface area contributed by atoms with Crippen LogP contribution in [-0.4, -0.2) is 33.7 Å². The summed E-state index contributed by atoms with van der Waals surface area (Å²) in [5.41, 5.74) is -5.65. The van der Waals surface area contributed by atoms with Crippen molar-refractivity contribution in [3.8, 4) is 5.95 Å². The van der Waals surface area contributed by atoms with Gasteiger partial charge in [-0.3, -0.25) is 4.79 Å². The SMILES string of the molecule is O=c1c2c(cnn1-c1ncccn1)C=C(OS(=O)(=O)C(F)(F)F)CC2. The summed E-state index contributed by atoms with van der Waals surface area (Å²) in [6.45, 7) is 0. The molecule has 0 fully saturated rings. The van der Waals surface area contributed by atoms with Crippen LogP contribution in [0.25, 0.3) is 12.0 Å². The molecular weight excluding hydrogens is 365 g/mol. The number of allylic oxidation sites excluding steroid dienone is 1. The fourth-order valence-electron chi connectivity index (χ4n) is 2.17. The molecule has 25 heavy (non-hydrogen) atoms. The zero-order valence-corrected chi connectivity index (χ0v) is 13.1. The predicted octanol–water partition coefficient (Wildman–Crippen LogP) is 1.18. The molecule has 132 valence electrons. The first-order chi connectivity index (χ1) is 11.7. The van der Waals surface area contributed by atoms with Crippen molar-refractivity contribution in [3.05, 3.63) is 51.9 Å². The van der Waals surface area contributed by atoms with Crippen LogP contribution in [0.3, 0.4) is 0 Å². The van der Waals surface area contributed by atoms with Crippen LogP contribution in [0.15, 0.2) is 35.2 Å². The van der Waals surface area contributed by atoms with Crippen molar-refractivity contribution >= 4 is 16.2 Å². The lowest BCUT2D eigenvalue weighted by molar-refractivity contribution is -0.0522. The molecule has 2 aromatic rings. The maximum Gasteiger partial charge on any atom is 0.534 e. The van der Waals surface area contributed by atoms with E-state index in [0.29, 0.717) is 0 Å². The van der Waals surface area contributed by atoms with Gasteiger partial charge in [-0.15, -0.1) is 0 Å². The summed E-state index contributed by atoms with van der Waals surface area (Å²) in [4.78, 5) is 20.2. The van der Waals surface area contributed by atoms with Crippen molar-refractivity contribution in [1.82, 2.24) is 19.7 Å². The summed E-state index contributed by atoms with van der Waals surface area (Å²) in [5.74, 6) is -0.374. The lowest BCUT2D eigenvalue weighted by Gasteiger charge is -2.17. The molecule has 0 saturated carbocycles. The number of hydrogen-bond donors (Lipinski definition) is 0. The van der Waals surface area contributed by atoms with Gasteiger partial charge < -0.3 is 4.18 Å². The lowest BCUT2D eigenvalue weighted by atomic mass is 9.99. The highest BCUT2D eigenvalue weighted by atomic mass is 32.2. The highest BCUT2D eigenvalue weighted by Gasteiger charge is 2.49. The third-order valence-electron chi connectivity index (χ3n) is 3.29. The van der Waals surface area contributed by atoms with E-state index in [1.807, 2.05) is 0 Å². The Morgan fingerprint density at radius 3 is 2.48 bits per heavy atom. The van der Waals surface area contributed by atoms with Gasteiger partial charge in [0.15, 0.2) is 0 Å². The molecule has 2 heterocycles. The Labute approximate surface area is 138 Å². The van der Waals surface area contributed by atoms with E-state index in [9.17, 15) is 26.4 Å². The third-order valence-corrected chi connectivity index (χ3v) is 4.29.